The molecule has 5 heteroatoms. The molecule has 0 fully saturated rings. The van der Waals surface area contributed by atoms with Crippen LogP contribution in [0.15, 0.2) is 42.5 Å². The summed E-state index contributed by atoms with van der Waals surface area (Å²) in [6.07, 6.45) is 8.07. The van der Waals surface area contributed by atoms with E-state index in [0.717, 1.165) is 36.5 Å². The fourth-order valence-electron chi connectivity index (χ4n) is 4.29. The van der Waals surface area contributed by atoms with Crippen molar-refractivity contribution in [2.24, 2.45) is 0 Å². The van der Waals surface area contributed by atoms with Crippen molar-refractivity contribution in [3.05, 3.63) is 59.7 Å². The average molecular weight is 463 g/mol. The molecule has 2 aromatic carbocycles. The number of hydrogen-bond donors (Lipinski definition) is 0. The molecular formula is C28H40F2O3. The van der Waals surface area contributed by atoms with Gasteiger partial charge < -0.3 is 14.2 Å². The minimum absolute atomic E-state index is 0.109. The summed E-state index contributed by atoms with van der Waals surface area (Å²) in [4.78, 5) is 0. The van der Waals surface area contributed by atoms with Crippen LogP contribution in [-0.2, 0) is 14.2 Å². The van der Waals surface area contributed by atoms with Gasteiger partial charge in [0, 0.05) is 19.8 Å². The number of hydrogen-bond acceptors (Lipinski definition) is 3. The van der Waals surface area contributed by atoms with Crippen LogP contribution in [0.25, 0.3) is 11.1 Å². The molecule has 33 heavy (non-hydrogen) atoms. The van der Waals surface area contributed by atoms with Crippen LogP contribution in [0, 0.1) is 11.6 Å². The smallest absolute Gasteiger partial charge is 0.290 e. The van der Waals surface area contributed by atoms with Gasteiger partial charge in [0.2, 0.25) is 0 Å². The third-order valence-corrected chi connectivity index (χ3v) is 5.88. The molecule has 3 nitrogen and oxygen atoms in total. The van der Waals surface area contributed by atoms with E-state index in [2.05, 4.69) is 6.92 Å². The Morgan fingerprint density at radius 3 is 1.76 bits per heavy atom. The van der Waals surface area contributed by atoms with E-state index in [4.69, 9.17) is 14.2 Å². The van der Waals surface area contributed by atoms with Gasteiger partial charge in [-0.3, -0.25) is 0 Å². The SMILES string of the molecule is CCCCCCCCC(c1ccc(-c2ccc(F)c(F)c2)cc1)C(OCC)(OCC)OCC. The second kappa shape index (κ2) is 14.4. The number of halogens is 2. The summed E-state index contributed by atoms with van der Waals surface area (Å²) in [5, 5.41) is 0. The van der Waals surface area contributed by atoms with Gasteiger partial charge in [-0.05, 0) is 56.0 Å². The van der Waals surface area contributed by atoms with E-state index >= 15 is 0 Å². The highest BCUT2D eigenvalue weighted by Crippen LogP contribution is 2.39. The third-order valence-electron chi connectivity index (χ3n) is 5.88. The molecule has 0 saturated heterocycles. The topological polar surface area (TPSA) is 27.7 Å². The molecule has 0 aliphatic carbocycles. The van der Waals surface area contributed by atoms with E-state index in [9.17, 15) is 8.78 Å². The lowest BCUT2D eigenvalue weighted by molar-refractivity contribution is -0.389. The summed E-state index contributed by atoms with van der Waals surface area (Å²) < 4.78 is 45.4. The van der Waals surface area contributed by atoms with Gasteiger partial charge >= 0.3 is 0 Å². The van der Waals surface area contributed by atoms with Crippen molar-refractivity contribution in [1.29, 1.82) is 0 Å². The Hall–Kier alpha value is -1.82. The standard InChI is InChI=1S/C28H40F2O3/c1-5-9-10-11-12-13-14-25(28(31-6-2,32-7-3)33-8-4)23-17-15-22(16-18-23)24-19-20-26(29)27(30)21-24/h15-21,25H,5-14H2,1-4H3. The first-order valence-corrected chi connectivity index (χ1v) is 12.5. The van der Waals surface area contributed by atoms with Crippen molar-refractivity contribution in [2.45, 2.75) is 84.5 Å². The molecular weight excluding hydrogens is 422 g/mol. The number of benzene rings is 2. The van der Waals surface area contributed by atoms with Crippen LogP contribution in [0.3, 0.4) is 0 Å². The van der Waals surface area contributed by atoms with Crippen LogP contribution < -0.4 is 0 Å². The maximum Gasteiger partial charge on any atom is 0.290 e. The van der Waals surface area contributed by atoms with Crippen LogP contribution >= 0.6 is 0 Å². The van der Waals surface area contributed by atoms with Gasteiger partial charge in [-0.2, -0.15) is 0 Å². The van der Waals surface area contributed by atoms with Crippen molar-refractivity contribution in [1.82, 2.24) is 0 Å². The second-order valence-electron chi connectivity index (χ2n) is 8.26. The van der Waals surface area contributed by atoms with Crippen molar-refractivity contribution in [2.75, 3.05) is 19.8 Å². The molecule has 0 spiro atoms. The van der Waals surface area contributed by atoms with Gasteiger partial charge in [-0.25, -0.2) is 8.78 Å². The maximum absolute atomic E-state index is 13.7. The van der Waals surface area contributed by atoms with E-state index in [1.54, 1.807) is 6.07 Å². The summed E-state index contributed by atoms with van der Waals surface area (Å²) in [6.45, 7) is 9.47. The van der Waals surface area contributed by atoms with Gasteiger partial charge in [-0.1, -0.05) is 75.8 Å². The molecule has 184 valence electrons. The van der Waals surface area contributed by atoms with Crippen LogP contribution in [0.2, 0.25) is 0 Å². The fourth-order valence-corrected chi connectivity index (χ4v) is 4.29. The molecule has 0 bridgehead atoms. The van der Waals surface area contributed by atoms with Crippen LogP contribution in [0.5, 0.6) is 0 Å². The van der Waals surface area contributed by atoms with E-state index in [1.807, 2.05) is 45.0 Å². The molecule has 1 atom stereocenters. The van der Waals surface area contributed by atoms with E-state index in [1.165, 1.54) is 31.7 Å². The highest BCUT2D eigenvalue weighted by Gasteiger charge is 2.42. The molecule has 0 radical (unpaired) electrons. The highest BCUT2D eigenvalue weighted by molar-refractivity contribution is 5.63. The summed E-state index contributed by atoms with van der Waals surface area (Å²) in [5.74, 6) is -2.95. The van der Waals surface area contributed by atoms with Crippen molar-refractivity contribution in [3.8, 4) is 11.1 Å². The Balaban J connectivity index is 2.31. The Labute approximate surface area is 198 Å². The first-order chi connectivity index (χ1) is 16.0. The van der Waals surface area contributed by atoms with Crippen LogP contribution in [-0.4, -0.2) is 25.8 Å². The van der Waals surface area contributed by atoms with Gasteiger partial charge in [0.05, 0.1) is 5.92 Å². The van der Waals surface area contributed by atoms with Gasteiger partial charge in [0.15, 0.2) is 11.6 Å². The predicted molar refractivity (Wildman–Crippen MR) is 130 cm³/mol. The number of rotatable bonds is 16. The molecule has 0 saturated carbocycles. The lowest BCUT2D eigenvalue weighted by atomic mass is 9.89. The summed E-state index contributed by atoms with van der Waals surface area (Å²) >= 11 is 0. The number of unbranched alkanes of at least 4 members (excludes halogenated alkanes) is 5. The van der Waals surface area contributed by atoms with E-state index < -0.39 is 17.6 Å². The minimum Gasteiger partial charge on any atom is -0.327 e. The molecule has 2 aromatic rings. The molecule has 2 rings (SSSR count). The third kappa shape index (κ3) is 7.87. The molecule has 0 heterocycles. The number of ether oxygens (including phenoxy) is 3. The molecule has 0 aromatic heterocycles. The zero-order chi connectivity index (χ0) is 24.1. The quantitative estimate of drug-likeness (QED) is 0.186. The summed E-state index contributed by atoms with van der Waals surface area (Å²) in [7, 11) is 0. The predicted octanol–water partition coefficient (Wildman–Crippen LogP) is 8.23. The van der Waals surface area contributed by atoms with Gasteiger partial charge in [0.1, 0.15) is 0 Å². The van der Waals surface area contributed by atoms with Crippen molar-refractivity contribution >= 4 is 0 Å². The molecule has 1 unspecified atom stereocenters. The van der Waals surface area contributed by atoms with Crippen LogP contribution in [0.1, 0.15) is 84.1 Å². The Kier molecular flexibility index (Phi) is 12.0. The Morgan fingerprint density at radius 1 is 0.667 bits per heavy atom. The average Bonchev–Trinajstić information content (AvgIpc) is 2.81. The zero-order valence-electron chi connectivity index (χ0n) is 20.7. The molecule has 0 amide bonds. The lowest BCUT2D eigenvalue weighted by Crippen LogP contribution is -2.45. The van der Waals surface area contributed by atoms with Crippen molar-refractivity contribution < 1.29 is 23.0 Å². The summed E-state index contributed by atoms with van der Waals surface area (Å²) in [6, 6.07) is 11.9. The highest BCUT2D eigenvalue weighted by atomic mass is 19.2. The largest absolute Gasteiger partial charge is 0.327 e. The molecule has 0 aliphatic heterocycles. The Bertz CT molecular complexity index is 790. The minimum atomic E-state index is -1.15. The first-order valence-electron chi connectivity index (χ1n) is 12.5. The first kappa shape index (κ1) is 27.4. The van der Waals surface area contributed by atoms with Gasteiger partial charge in [0.25, 0.3) is 5.97 Å². The van der Waals surface area contributed by atoms with E-state index in [-0.39, 0.29) is 5.92 Å². The molecule has 0 aliphatic rings. The van der Waals surface area contributed by atoms with Crippen LogP contribution in [0.4, 0.5) is 8.78 Å². The normalized spacial score (nSPS) is 12.8. The maximum atomic E-state index is 13.7. The zero-order valence-corrected chi connectivity index (χ0v) is 20.7. The van der Waals surface area contributed by atoms with Crippen molar-refractivity contribution in [3.63, 3.8) is 0 Å². The monoisotopic (exact) mass is 462 g/mol. The molecule has 0 N–H and O–H groups in total. The van der Waals surface area contributed by atoms with Gasteiger partial charge in [-0.15, -0.1) is 0 Å². The second-order valence-corrected chi connectivity index (χ2v) is 8.26. The fraction of sp³-hybridized carbons (Fsp3) is 0.571. The Morgan fingerprint density at radius 2 is 1.21 bits per heavy atom. The lowest BCUT2D eigenvalue weighted by Gasteiger charge is -2.39. The van der Waals surface area contributed by atoms with E-state index in [0.29, 0.717) is 25.4 Å². The summed E-state index contributed by atoms with van der Waals surface area (Å²) in [5.41, 5.74) is 2.51.